The molecular formula is C21H17N5O4. The van der Waals surface area contributed by atoms with Crippen LogP contribution in [-0.4, -0.2) is 34.0 Å². The van der Waals surface area contributed by atoms with Crippen LogP contribution in [0.1, 0.15) is 20.8 Å². The number of carbonyl (C=O) groups excluding carboxylic acids is 3. The number of aryl methyl sites for hydroxylation is 1. The topological polar surface area (TPSA) is 113 Å². The molecule has 2 heterocycles. The minimum Gasteiger partial charge on any atom is -0.323 e. The molecule has 150 valence electrons. The van der Waals surface area contributed by atoms with Crippen molar-refractivity contribution in [3.63, 3.8) is 0 Å². The summed E-state index contributed by atoms with van der Waals surface area (Å²) in [6.45, 7) is -0.0767. The van der Waals surface area contributed by atoms with E-state index in [1.54, 1.807) is 48.5 Å². The second-order valence-corrected chi connectivity index (χ2v) is 6.67. The van der Waals surface area contributed by atoms with Gasteiger partial charge in [0, 0.05) is 24.4 Å². The highest BCUT2D eigenvalue weighted by Crippen LogP contribution is 2.30. The van der Waals surface area contributed by atoms with Gasteiger partial charge in [-0.2, -0.15) is 5.10 Å². The molecule has 0 radical (unpaired) electrons. The maximum Gasteiger partial charge on any atom is 0.276 e. The molecule has 30 heavy (non-hydrogen) atoms. The number of aromatic nitrogens is 2. The zero-order chi connectivity index (χ0) is 21.3. The number of nitrogens with one attached hydrogen (secondary N) is 2. The summed E-state index contributed by atoms with van der Waals surface area (Å²) in [7, 11) is 1.46. The van der Waals surface area contributed by atoms with Gasteiger partial charge in [-0.25, -0.2) is 4.68 Å². The van der Waals surface area contributed by atoms with Gasteiger partial charge in [0.1, 0.15) is 12.2 Å². The Labute approximate surface area is 170 Å². The van der Waals surface area contributed by atoms with E-state index in [4.69, 9.17) is 0 Å². The van der Waals surface area contributed by atoms with Crippen LogP contribution in [0.4, 0.5) is 17.1 Å². The summed E-state index contributed by atoms with van der Waals surface area (Å²) in [4.78, 5) is 50.0. The fourth-order valence-corrected chi connectivity index (χ4v) is 3.08. The highest BCUT2D eigenvalue weighted by atomic mass is 16.2. The zero-order valence-corrected chi connectivity index (χ0v) is 16.0. The van der Waals surface area contributed by atoms with Crippen LogP contribution in [0.5, 0.6) is 0 Å². The molecule has 0 aliphatic carbocycles. The van der Waals surface area contributed by atoms with Crippen molar-refractivity contribution >= 4 is 34.8 Å². The minimum atomic E-state index is -0.480. The normalized spacial score (nSPS) is 12.7. The van der Waals surface area contributed by atoms with Crippen molar-refractivity contribution in [3.05, 3.63) is 82.3 Å². The predicted octanol–water partition coefficient (Wildman–Crippen LogP) is 1.63. The third-order valence-corrected chi connectivity index (χ3v) is 4.60. The number of carbonyl (C=O) groups is 3. The van der Waals surface area contributed by atoms with Crippen LogP contribution in [0.3, 0.4) is 0 Å². The molecule has 2 aromatic carbocycles. The molecule has 0 unspecified atom stereocenters. The lowest BCUT2D eigenvalue weighted by molar-refractivity contribution is -0.115. The maximum absolute atomic E-state index is 12.9. The summed E-state index contributed by atoms with van der Waals surface area (Å²) in [5.41, 5.74) is 1.81. The van der Waals surface area contributed by atoms with E-state index < -0.39 is 5.91 Å². The maximum atomic E-state index is 12.9. The minimum absolute atomic E-state index is 0.0767. The quantitative estimate of drug-likeness (QED) is 0.690. The van der Waals surface area contributed by atoms with Crippen LogP contribution in [-0.2, 0) is 11.8 Å². The van der Waals surface area contributed by atoms with Gasteiger partial charge >= 0.3 is 0 Å². The molecule has 0 fully saturated rings. The monoisotopic (exact) mass is 403 g/mol. The van der Waals surface area contributed by atoms with Crippen molar-refractivity contribution < 1.29 is 14.4 Å². The van der Waals surface area contributed by atoms with Crippen LogP contribution in [0.15, 0.2) is 65.5 Å². The number of amides is 3. The first-order valence-electron chi connectivity index (χ1n) is 9.09. The van der Waals surface area contributed by atoms with E-state index >= 15 is 0 Å². The van der Waals surface area contributed by atoms with Gasteiger partial charge in [-0.1, -0.05) is 12.1 Å². The lowest BCUT2D eigenvalue weighted by Crippen LogP contribution is -2.42. The molecule has 9 nitrogen and oxygen atoms in total. The number of rotatable bonds is 3. The molecule has 1 aliphatic heterocycles. The largest absolute Gasteiger partial charge is 0.323 e. The van der Waals surface area contributed by atoms with Crippen molar-refractivity contribution in [2.24, 2.45) is 7.05 Å². The Balaban J connectivity index is 1.52. The summed E-state index contributed by atoms with van der Waals surface area (Å²) < 4.78 is 1.07. The second-order valence-electron chi connectivity index (χ2n) is 6.67. The number of fused-ring (bicyclic) bond motifs is 1. The highest BCUT2D eigenvalue weighted by Gasteiger charge is 2.27. The molecule has 0 bridgehead atoms. The average Bonchev–Trinajstić information content (AvgIpc) is 2.75. The Morgan fingerprint density at radius 1 is 1.00 bits per heavy atom. The Kier molecular flexibility index (Phi) is 4.85. The molecule has 4 rings (SSSR count). The van der Waals surface area contributed by atoms with E-state index in [9.17, 15) is 19.2 Å². The van der Waals surface area contributed by atoms with E-state index in [2.05, 4.69) is 15.7 Å². The summed E-state index contributed by atoms with van der Waals surface area (Å²) in [5, 5.41) is 9.31. The van der Waals surface area contributed by atoms with Gasteiger partial charge in [-0.3, -0.25) is 24.1 Å². The lowest BCUT2D eigenvalue weighted by Gasteiger charge is -2.29. The molecule has 1 aromatic heterocycles. The first-order chi connectivity index (χ1) is 14.4. The smallest absolute Gasteiger partial charge is 0.276 e. The van der Waals surface area contributed by atoms with E-state index in [-0.39, 0.29) is 29.6 Å². The van der Waals surface area contributed by atoms with Crippen LogP contribution in [0.25, 0.3) is 0 Å². The molecule has 0 spiro atoms. The zero-order valence-electron chi connectivity index (χ0n) is 16.0. The fraction of sp³-hybridized carbons (Fsp3) is 0.0952. The second kappa shape index (κ2) is 7.63. The molecular weight excluding hydrogens is 386 g/mol. The van der Waals surface area contributed by atoms with Crippen LogP contribution < -0.4 is 21.1 Å². The first kappa shape index (κ1) is 19.1. The van der Waals surface area contributed by atoms with Crippen molar-refractivity contribution in [1.82, 2.24) is 9.78 Å². The number of hydrogen-bond acceptors (Lipinski definition) is 5. The Hall–Kier alpha value is -4.27. The Morgan fingerprint density at radius 3 is 2.47 bits per heavy atom. The summed E-state index contributed by atoms with van der Waals surface area (Å²) in [6, 6.07) is 16.0. The van der Waals surface area contributed by atoms with Crippen LogP contribution >= 0.6 is 0 Å². The molecule has 3 aromatic rings. The van der Waals surface area contributed by atoms with Gasteiger partial charge in [0.05, 0.1) is 11.4 Å². The van der Waals surface area contributed by atoms with Crippen molar-refractivity contribution in [2.45, 2.75) is 0 Å². The van der Waals surface area contributed by atoms with E-state index in [1.165, 1.54) is 24.1 Å². The van der Waals surface area contributed by atoms with Gasteiger partial charge in [0.15, 0.2) is 0 Å². The van der Waals surface area contributed by atoms with E-state index in [0.29, 0.717) is 22.6 Å². The molecule has 9 heteroatoms. The van der Waals surface area contributed by atoms with E-state index in [0.717, 1.165) is 4.68 Å². The predicted molar refractivity (Wildman–Crippen MR) is 111 cm³/mol. The van der Waals surface area contributed by atoms with Crippen molar-refractivity contribution in [3.8, 4) is 0 Å². The van der Waals surface area contributed by atoms with Gasteiger partial charge in [0.25, 0.3) is 17.4 Å². The molecule has 0 saturated heterocycles. The molecule has 0 saturated carbocycles. The third kappa shape index (κ3) is 3.68. The standard InChI is InChI=1S/C21H17N5O4/c1-25-19(28)11-10-16(24-25)20(29)22-14-8-6-13(7-9-14)21(30)26-12-18(27)23-15-4-2-3-5-17(15)26/h2-11H,12H2,1H3,(H,22,29)(H,23,27). The Bertz CT molecular complexity index is 1220. The first-order valence-corrected chi connectivity index (χ1v) is 9.09. The number of para-hydroxylation sites is 2. The van der Waals surface area contributed by atoms with E-state index in [1.807, 2.05) is 0 Å². The average molecular weight is 403 g/mol. The van der Waals surface area contributed by atoms with Crippen molar-refractivity contribution in [1.29, 1.82) is 0 Å². The summed E-state index contributed by atoms with van der Waals surface area (Å²) in [5.74, 6) is -1.07. The number of nitrogens with zero attached hydrogens (tertiary/aromatic N) is 3. The molecule has 0 atom stereocenters. The molecule has 1 aliphatic rings. The Morgan fingerprint density at radius 2 is 1.73 bits per heavy atom. The fourth-order valence-electron chi connectivity index (χ4n) is 3.08. The summed E-state index contributed by atoms with van der Waals surface area (Å²) in [6.07, 6.45) is 0. The van der Waals surface area contributed by atoms with Gasteiger partial charge in [-0.15, -0.1) is 0 Å². The van der Waals surface area contributed by atoms with Gasteiger partial charge in [-0.05, 0) is 42.5 Å². The van der Waals surface area contributed by atoms with Crippen LogP contribution in [0.2, 0.25) is 0 Å². The number of hydrogen-bond donors (Lipinski definition) is 2. The van der Waals surface area contributed by atoms with Crippen LogP contribution in [0, 0.1) is 0 Å². The number of benzene rings is 2. The van der Waals surface area contributed by atoms with Crippen molar-refractivity contribution in [2.75, 3.05) is 22.1 Å². The third-order valence-electron chi connectivity index (χ3n) is 4.60. The number of anilines is 3. The summed E-state index contributed by atoms with van der Waals surface area (Å²) >= 11 is 0. The van der Waals surface area contributed by atoms with Gasteiger partial charge < -0.3 is 10.6 Å². The lowest BCUT2D eigenvalue weighted by atomic mass is 10.1. The molecule has 3 amide bonds. The molecule has 2 N–H and O–H groups in total. The SMILES string of the molecule is Cn1nc(C(=O)Nc2ccc(C(=O)N3CC(=O)Nc4ccccc43)cc2)ccc1=O. The van der Waals surface area contributed by atoms with Gasteiger partial charge in [0.2, 0.25) is 5.91 Å². The highest BCUT2D eigenvalue weighted by molar-refractivity contribution is 6.15.